The molecule has 15 aliphatic rings. The van der Waals surface area contributed by atoms with Crippen molar-refractivity contribution in [1.82, 2.24) is 35.1 Å². The molecule has 3 aliphatic carbocycles. The standard InChI is InChI=1S/C34H43N3O5.C29H35N3O3.C27H33BrN2O4.C7H11NO.CH2O3.2Cs.H/c1-33(2,3)42-32(41)36-18-23-9-7-6-8-22(23)16-28(36)29(38)19-35-20-34(4,5)27-17-25(14-15-26(27)31(35)40)37-24-12-10-21(11-13-24)30(37)39;1-29(2)17-31(16-26(33)25-13-19-5-3-4-6-20(19)15-30-25)28(35)23-12-11-22(14-24(23)29)32-21-9-7-18(8-10-21)27(32)34;1-26(2,3)34-25(33)30-14-18-9-7-6-8-17(18)12-22(30)23(31)15-29-16-27(4,5)21-13-19(28)10-11-20(21)24(29)32;9-7-5-1-3-6(8-7)4-2-5;2-1-4-3;;;/h6-9,14-15,17,21,24,28-29,38H,10-13,16,18-20H2,1-5H3;3-6,11-12,14,18,21,25-26,30,33H,7-10,13,15-17H2,1-2H3;6-11,13,22-23,31H,12,14-16H2,1-5H3;5-6H,1-4H2,(H,8,9);1,3H;;;/q;;;;;2*+1;-1/p-1/t21?,24?,28-,29+;18?,21?,25-,26+;22-,23+;;;;;/m000...../s1. The first kappa shape index (κ1) is 99.5. The Labute approximate surface area is 869 Å². The Morgan fingerprint density at radius 3 is 1.19 bits per heavy atom. The Balaban J connectivity index is 0.000000171. The molecule has 25 nitrogen and oxygen atoms in total. The maximum atomic E-state index is 13.8. The molecule has 126 heavy (non-hydrogen) atoms. The second kappa shape index (κ2) is 41.4. The number of anilines is 2. The van der Waals surface area contributed by atoms with Gasteiger partial charge in [-0.3, -0.25) is 43.4 Å². The van der Waals surface area contributed by atoms with Crippen LogP contribution in [0.3, 0.4) is 0 Å². The van der Waals surface area contributed by atoms with E-state index in [4.69, 9.17) is 19.5 Å². The number of halogens is 1. The predicted octanol–water partition coefficient (Wildman–Crippen LogP) is 6.58. The van der Waals surface area contributed by atoms with E-state index in [1.165, 1.54) is 24.0 Å². The number of hydrogen-bond donors (Lipinski definition) is 5. The van der Waals surface area contributed by atoms with Crippen LogP contribution in [0, 0.1) is 17.8 Å². The normalized spacial score (nSPS) is 24.9. The average molecular weight is 2030 g/mol. The first-order valence-corrected chi connectivity index (χ1v) is 45.2. The van der Waals surface area contributed by atoms with Crippen molar-refractivity contribution in [1.29, 1.82) is 0 Å². The first-order chi connectivity index (χ1) is 58.8. The number of rotatable bonds is 12. The third-order valence-corrected chi connectivity index (χ3v) is 27.8. The van der Waals surface area contributed by atoms with Gasteiger partial charge in [-0.25, -0.2) is 9.59 Å². The summed E-state index contributed by atoms with van der Waals surface area (Å²) in [6.07, 6.45) is 11.2. The molecule has 8 amide bonds. The third kappa shape index (κ3) is 22.5. The number of carbonyl (C=O) groups excluding carboxylic acids is 9. The summed E-state index contributed by atoms with van der Waals surface area (Å²) in [5.74, 6) is 1.14. The molecule has 0 unspecified atom stereocenters. The minimum Gasteiger partial charge on any atom is -1.00 e. The zero-order chi connectivity index (χ0) is 88.8. The minimum atomic E-state index is -0.965. The van der Waals surface area contributed by atoms with E-state index in [1.54, 1.807) is 19.6 Å². The summed E-state index contributed by atoms with van der Waals surface area (Å²) < 4.78 is 12.3. The van der Waals surface area contributed by atoms with Gasteiger partial charge in [-0.2, -0.15) is 0 Å². The number of ether oxygens (including phenoxy) is 2. The Kier molecular flexibility index (Phi) is 32.7. The van der Waals surface area contributed by atoms with Gasteiger partial charge < -0.3 is 71.5 Å². The molecule has 12 aliphatic heterocycles. The summed E-state index contributed by atoms with van der Waals surface area (Å²) in [5, 5.41) is 49.0. The van der Waals surface area contributed by atoms with Crippen LogP contribution in [0.15, 0.2) is 132 Å². The molecule has 0 radical (unpaired) electrons. The van der Waals surface area contributed by atoms with Crippen molar-refractivity contribution in [2.24, 2.45) is 17.8 Å². The summed E-state index contributed by atoms with van der Waals surface area (Å²) >= 11 is 3.51. The molecule has 5 N–H and O–H groups in total. The van der Waals surface area contributed by atoms with E-state index >= 15 is 0 Å². The van der Waals surface area contributed by atoms with Crippen molar-refractivity contribution in [2.45, 2.75) is 281 Å². The van der Waals surface area contributed by atoms with Gasteiger partial charge in [-0.15, -0.1) is 0 Å². The zero-order valence-electron chi connectivity index (χ0n) is 76.8. The number of aliphatic hydroxyl groups is 3. The molecular formula is C98H124BrCs2N9O16. The van der Waals surface area contributed by atoms with Crippen LogP contribution in [0.1, 0.15) is 243 Å². The minimum absolute atomic E-state index is 0. The molecule has 9 fully saturated rings. The third-order valence-electron chi connectivity index (χ3n) is 27.3. The molecule has 0 aromatic heterocycles. The fourth-order valence-electron chi connectivity index (χ4n) is 21.0. The molecule has 6 atom stereocenters. The SMILES string of the molecule is CC(C)(C)OC(=O)N1Cc2ccccc2C[C@H]1[C@H](O)CN1CC(C)(C)c2cc(Br)ccc2C1=O.CC(C)(C)OC(=O)N1Cc2ccccc2C[C@H]1[C@H](O)CN1CC(C)(C)c2cc(N3C(=O)C4CCC3CC4)ccc2C1=O.CC1(C)CN(C[C@@H](O)[C@@H]2Cc3ccccc3CN2)C(=O)c2ccc(N3C(=O)C4CCC3CC4)cc21.O=C1NC2CCC1CC2.O=CO[O-].[Cs+].[Cs+].[H-]. The van der Waals surface area contributed by atoms with Crippen molar-refractivity contribution in [2.75, 3.05) is 49.1 Å². The number of hydrogen-bond acceptors (Lipinski definition) is 17. The Morgan fingerprint density at radius 1 is 0.492 bits per heavy atom. The number of β-amino-alcohol motifs (C(OH)–C–C–N with tert-alkyl or cyclic N) is 3. The van der Waals surface area contributed by atoms with Gasteiger partial charge in [-0.1, -0.05) is 130 Å². The van der Waals surface area contributed by atoms with E-state index in [2.05, 4.69) is 91.2 Å². The van der Waals surface area contributed by atoms with Crippen molar-refractivity contribution in [3.8, 4) is 0 Å². The second-order valence-electron chi connectivity index (χ2n) is 40.0. The maximum absolute atomic E-state index is 13.8. The van der Waals surface area contributed by atoms with Crippen LogP contribution in [0.2, 0.25) is 0 Å². The fraction of sp³-hybridized carbons (Fsp3) is 0.541. The summed E-state index contributed by atoms with van der Waals surface area (Å²) in [7, 11) is 0. The van der Waals surface area contributed by atoms with Crippen molar-refractivity contribution in [3.63, 3.8) is 0 Å². The summed E-state index contributed by atoms with van der Waals surface area (Å²) in [6, 6.07) is 41.6. The van der Waals surface area contributed by atoms with Gasteiger partial charge in [0.25, 0.3) is 24.2 Å². The van der Waals surface area contributed by atoms with Crippen LogP contribution in [0.4, 0.5) is 21.0 Å². The van der Waals surface area contributed by atoms with Crippen LogP contribution in [-0.2, 0) is 88.7 Å². The molecule has 6 aromatic rings. The molecule has 0 spiro atoms. The summed E-state index contributed by atoms with van der Waals surface area (Å²) in [4.78, 5) is 128. The van der Waals surface area contributed by atoms with Crippen LogP contribution < -0.4 is 163 Å². The van der Waals surface area contributed by atoms with Crippen molar-refractivity contribution >= 4 is 81.4 Å². The Hall–Kier alpha value is -5.47. The second-order valence-corrected chi connectivity index (χ2v) is 40.9. The first-order valence-electron chi connectivity index (χ1n) is 44.4. The van der Waals surface area contributed by atoms with Crippen LogP contribution in [-0.4, -0.2) is 199 Å². The molecule has 3 saturated carbocycles. The van der Waals surface area contributed by atoms with Gasteiger partial charge in [0.05, 0.1) is 30.4 Å². The van der Waals surface area contributed by atoms with E-state index in [0.717, 1.165) is 132 Å². The fourth-order valence-corrected chi connectivity index (χ4v) is 21.4. The molecule has 666 valence electrons. The zero-order valence-corrected chi connectivity index (χ0v) is 89.9. The number of nitrogens with one attached hydrogen (secondary N) is 2. The monoisotopic (exact) mass is 2030 g/mol. The largest absolute Gasteiger partial charge is 1.00 e. The molecule has 6 saturated heterocycles. The van der Waals surface area contributed by atoms with E-state index in [0.29, 0.717) is 86.7 Å². The summed E-state index contributed by atoms with van der Waals surface area (Å²) in [6.45, 7) is 27.0. The topological polar surface area (TPSA) is 312 Å². The number of nitrogens with zero attached hydrogens (tertiary/aromatic N) is 7. The van der Waals surface area contributed by atoms with Crippen molar-refractivity contribution in [3.05, 3.63) is 199 Å². The summed E-state index contributed by atoms with van der Waals surface area (Å²) in [5.41, 5.74) is 11.3. The average Bonchev–Trinajstić information content (AvgIpc) is 0.735. The molecule has 12 heterocycles. The molecule has 6 aromatic carbocycles. The molecule has 21 rings (SSSR count). The number of fused-ring (bicyclic) bond motifs is 15. The van der Waals surface area contributed by atoms with Gasteiger partial charge in [0.1, 0.15) is 11.2 Å². The molecule has 6 bridgehead atoms. The number of benzene rings is 6. The van der Waals surface area contributed by atoms with E-state index in [1.807, 2.05) is 165 Å². The van der Waals surface area contributed by atoms with Crippen LogP contribution in [0.5, 0.6) is 0 Å². The Morgan fingerprint density at radius 2 is 0.841 bits per heavy atom. The van der Waals surface area contributed by atoms with E-state index in [9.17, 15) is 53.7 Å². The van der Waals surface area contributed by atoms with Gasteiger partial charge >= 0.3 is 150 Å². The Bertz CT molecular complexity index is 5020. The van der Waals surface area contributed by atoms with Gasteiger partial charge in [0.15, 0.2) is 0 Å². The van der Waals surface area contributed by atoms with Gasteiger partial charge in [0, 0.05) is 150 Å². The maximum Gasteiger partial charge on any atom is 1.00 e. The van der Waals surface area contributed by atoms with Gasteiger partial charge in [-0.05, 0) is 243 Å². The number of piperidine rings is 6. The van der Waals surface area contributed by atoms with Crippen LogP contribution in [0.25, 0.3) is 0 Å². The van der Waals surface area contributed by atoms with E-state index in [-0.39, 0.29) is 235 Å². The molecule has 28 heteroatoms. The predicted molar refractivity (Wildman–Crippen MR) is 473 cm³/mol. The van der Waals surface area contributed by atoms with Crippen LogP contribution >= 0.6 is 15.9 Å². The smallest absolute Gasteiger partial charge is 1.00 e. The van der Waals surface area contributed by atoms with E-state index < -0.39 is 53.8 Å². The quantitative estimate of drug-likeness (QED) is 0.0490. The van der Waals surface area contributed by atoms with Gasteiger partial charge in [0.2, 0.25) is 17.7 Å². The number of aliphatic hydroxyl groups excluding tert-OH is 3. The number of amides is 8. The van der Waals surface area contributed by atoms with Crippen molar-refractivity contribution < 1.29 is 217 Å². The molecular weight excluding hydrogens is 1900 g/mol. The number of carbonyl (C=O) groups is 9.